The molecule has 0 spiro atoms. The third-order valence-corrected chi connectivity index (χ3v) is 4.48. The number of carbonyl (C=O) groups excluding carboxylic acids is 1. The molecule has 2 aromatic carbocycles. The summed E-state index contributed by atoms with van der Waals surface area (Å²) in [4.78, 5) is 18.3. The molecule has 0 bridgehead atoms. The zero-order valence-corrected chi connectivity index (χ0v) is 18.3. The number of benzene rings is 2. The van der Waals surface area contributed by atoms with Gasteiger partial charge >= 0.3 is 0 Å². The van der Waals surface area contributed by atoms with E-state index in [0.717, 1.165) is 24.1 Å². The molecule has 0 aromatic heterocycles. The van der Waals surface area contributed by atoms with Crippen LogP contribution in [-0.4, -0.2) is 51.0 Å². The van der Waals surface area contributed by atoms with Crippen molar-refractivity contribution in [3.8, 4) is 0 Å². The van der Waals surface area contributed by atoms with Gasteiger partial charge in [0.25, 0.3) is 5.91 Å². The lowest BCUT2D eigenvalue weighted by atomic mass is 10.1. The number of nitrogens with one attached hydrogen (secondary N) is 3. The monoisotopic (exact) mass is 413 g/mol. The molecule has 7 heteroatoms. The van der Waals surface area contributed by atoms with E-state index in [1.165, 1.54) is 6.07 Å². The first-order valence-corrected chi connectivity index (χ1v) is 10.2. The van der Waals surface area contributed by atoms with Gasteiger partial charge in [-0.1, -0.05) is 18.2 Å². The van der Waals surface area contributed by atoms with Crippen LogP contribution < -0.4 is 16.0 Å². The molecule has 0 aliphatic carbocycles. The van der Waals surface area contributed by atoms with E-state index in [1.807, 2.05) is 50.2 Å². The van der Waals surface area contributed by atoms with Crippen molar-refractivity contribution in [1.29, 1.82) is 0 Å². The van der Waals surface area contributed by atoms with Crippen LogP contribution in [0, 0.1) is 5.82 Å². The molecule has 0 radical (unpaired) electrons. The zero-order chi connectivity index (χ0) is 21.9. The molecule has 0 saturated heterocycles. The third-order valence-electron chi connectivity index (χ3n) is 4.48. The van der Waals surface area contributed by atoms with Crippen molar-refractivity contribution in [2.75, 3.05) is 34.2 Å². The highest BCUT2D eigenvalue weighted by molar-refractivity contribution is 5.94. The number of nitrogens with zero attached hydrogens (tertiary/aromatic N) is 2. The van der Waals surface area contributed by atoms with Crippen LogP contribution in [0.4, 0.5) is 4.39 Å². The molecule has 0 heterocycles. The Morgan fingerprint density at radius 1 is 1.10 bits per heavy atom. The summed E-state index contributed by atoms with van der Waals surface area (Å²) in [5, 5.41) is 9.18. The van der Waals surface area contributed by atoms with Gasteiger partial charge in [-0.05, 0) is 62.8 Å². The Balaban J connectivity index is 1.97. The first kappa shape index (κ1) is 23.3. The van der Waals surface area contributed by atoms with Gasteiger partial charge < -0.3 is 20.9 Å². The highest BCUT2D eigenvalue weighted by Crippen LogP contribution is 2.13. The Morgan fingerprint density at radius 3 is 2.60 bits per heavy atom. The Bertz CT molecular complexity index is 866. The average molecular weight is 414 g/mol. The number of aliphatic imine (C=N–C) groups is 1. The van der Waals surface area contributed by atoms with E-state index >= 15 is 0 Å². The second-order valence-corrected chi connectivity index (χ2v) is 7.31. The summed E-state index contributed by atoms with van der Waals surface area (Å²) in [6.07, 6.45) is 0.763. The molecule has 0 aliphatic heterocycles. The van der Waals surface area contributed by atoms with Crippen LogP contribution in [0.5, 0.6) is 0 Å². The summed E-state index contributed by atoms with van der Waals surface area (Å²) < 4.78 is 14.0. The van der Waals surface area contributed by atoms with E-state index < -0.39 is 0 Å². The van der Waals surface area contributed by atoms with Crippen LogP contribution in [-0.2, 0) is 19.5 Å². The van der Waals surface area contributed by atoms with Crippen LogP contribution in [0.25, 0.3) is 0 Å². The van der Waals surface area contributed by atoms with Crippen LogP contribution in [0.3, 0.4) is 0 Å². The minimum Gasteiger partial charge on any atom is -0.357 e. The third kappa shape index (κ3) is 7.48. The quantitative estimate of drug-likeness (QED) is 0.437. The number of halogens is 1. The molecule has 30 heavy (non-hydrogen) atoms. The first-order chi connectivity index (χ1) is 14.4. The van der Waals surface area contributed by atoms with E-state index in [4.69, 9.17) is 0 Å². The van der Waals surface area contributed by atoms with Gasteiger partial charge in [-0.15, -0.1) is 0 Å². The lowest BCUT2D eigenvalue weighted by molar-refractivity contribution is 0.0963. The lowest BCUT2D eigenvalue weighted by Crippen LogP contribution is -2.38. The van der Waals surface area contributed by atoms with Crippen molar-refractivity contribution in [3.63, 3.8) is 0 Å². The maximum atomic E-state index is 14.0. The van der Waals surface area contributed by atoms with E-state index in [1.54, 1.807) is 19.2 Å². The highest BCUT2D eigenvalue weighted by atomic mass is 19.1. The number of hydrogen-bond donors (Lipinski definition) is 3. The molecular weight excluding hydrogens is 381 g/mol. The summed E-state index contributed by atoms with van der Waals surface area (Å²) in [7, 11) is 5.46. The van der Waals surface area contributed by atoms with E-state index in [2.05, 4.69) is 20.9 Å². The minimum atomic E-state index is -0.194. The molecule has 162 valence electrons. The number of carbonyl (C=O) groups is 1. The van der Waals surface area contributed by atoms with E-state index in [9.17, 15) is 9.18 Å². The SMILES string of the molecule is CCNC(=NCc1ccc(F)c(CN(C)C)c1)NCCc1cccc(C(=O)NC)c1. The van der Waals surface area contributed by atoms with Gasteiger partial charge in [0.05, 0.1) is 6.54 Å². The Hall–Kier alpha value is -2.93. The smallest absolute Gasteiger partial charge is 0.251 e. The summed E-state index contributed by atoms with van der Waals surface area (Å²) in [5.74, 6) is 0.423. The summed E-state index contributed by atoms with van der Waals surface area (Å²) in [6.45, 7) is 4.45. The van der Waals surface area contributed by atoms with Gasteiger partial charge in [0.1, 0.15) is 5.82 Å². The number of hydrogen-bond acceptors (Lipinski definition) is 3. The van der Waals surface area contributed by atoms with Crippen molar-refractivity contribution in [2.24, 2.45) is 4.99 Å². The number of amides is 1. The topological polar surface area (TPSA) is 68.8 Å². The molecule has 2 aromatic rings. The molecule has 0 unspecified atom stereocenters. The number of guanidine groups is 1. The number of rotatable bonds is 9. The van der Waals surface area contributed by atoms with Gasteiger partial charge in [0.15, 0.2) is 5.96 Å². The van der Waals surface area contributed by atoms with Crippen molar-refractivity contribution in [2.45, 2.75) is 26.4 Å². The second kappa shape index (κ2) is 11.9. The molecule has 0 aliphatic rings. The summed E-state index contributed by atoms with van der Waals surface area (Å²) in [6, 6.07) is 12.7. The minimum absolute atomic E-state index is 0.0901. The van der Waals surface area contributed by atoms with Crippen LogP contribution >= 0.6 is 0 Å². The predicted molar refractivity (Wildman–Crippen MR) is 120 cm³/mol. The van der Waals surface area contributed by atoms with Gasteiger partial charge in [-0.2, -0.15) is 0 Å². The van der Waals surface area contributed by atoms with Crippen LogP contribution in [0.1, 0.15) is 34.0 Å². The zero-order valence-electron chi connectivity index (χ0n) is 18.3. The average Bonchev–Trinajstić information content (AvgIpc) is 2.73. The first-order valence-electron chi connectivity index (χ1n) is 10.2. The molecule has 6 nitrogen and oxygen atoms in total. The molecule has 3 N–H and O–H groups in total. The summed E-state index contributed by atoms with van der Waals surface area (Å²) >= 11 is 0. The van der Waals surface area contributed by atoms with Gasteiger partial charge in [-0.3, -0.25) is 4.79 Å². The maximum absolute atomic E-state index is 14.0. The fourth-order valence-corrected chi connectivity index (χ4v) is 3.04. The molecule has 0 saturated carbocycles. The maximum Gasteiger partial charge on any atom is 0.251 e. The van der Waals surface area contributed by atoms with Gasteiger partial charge in [0.2, 0.25) is 0 Å². The predicted octanol–water partition coefficient (Wildman–Crippen LogP) is 2.54. The van der Waals surface area contributed by atoms with Gasteiger partial charge in [-0.25, -0.2) is 9.38 Å². The van der Waals surface area contributed by atoms with E-state index in [-0.39, 0.29) is 11.7 Å². The fourth-order valence-electron chi connectivity index (χ4n) is 3.04. The van der Waals surface area contributed by atoms with Crippen molar-refractivity contribution in [1.82, 2.24) is 20.9 Å². The Kier molecular flexibility index (Phi) is 9.28. The molecule has 2 rings (SSSR count). The molecule has 0 atom stereocenters. The van der Waals surface area contributed by atoms with E-state index in [0.29, 0.717) is 36.7 Å². The van der Waals surface area contributed by atoms with Crippen molar-refractivity contribution >= 4 is 11.9 Å². The molecule has 1 amide bonds. The second-order valence-electron chi connectivity index (χ2n) is 7.31. The lowest BCUT2D eigenvalue weighted by Gasteiger charge is -2.13. The molecular formula is C23H32FN5O. The van der Waals surface area contributed by atoms with Crippen LogP contribution in [0.2, 0.25) is 0 Å². The van der Waals surface area contributed by atoms with Crippen molar-refractivity contribution in [3.05, 3.63) is 70.5 Å². The summed E-state index contributed by atoms with van der Waals surface area (Å²) in [5.41, 5.74) is 3.36. The molecule has 0 fully saturated rings. The van der Waals surface area contributed by atoms with Crippen LogP contribution in [0.15, 0.2) is 47.5 Å². The van der Waals surface area contributed by atoms with Gasteiger partial charge in [0, 0.05) is 37.8 Å². The van der Waals surface area contributed by atoms with Crippen molar-refractivity contribution < 1.29 is 9.18 Å². The Morgan fingerprint density at radius 2 is 1.90 bits per heavy atom. The fraction of sp³-hybridized carbons (Fsp3) is 0.391. The Labute approximate surface area is 178 Å². The standard InChI is InChI=1S/C23H32FN5O/c1-5-26-23(27-12-11-17-7-6-8-19(13-17)22(30)25-2)28-15-18-9-10-21(24)20(14-18)16-29(3)4/h6-10,13-14H,5,11-12,15-16H2,1-4H3,(H,25,30)(H2,26,27,28). The highest BCUT2D eigenvalue weighted by Gasteiger charge is 2.06. The largest absolute Gasteiger partial charge is 0.357 e. The normalized spacial score (nSPS) is 11.5.